The van der Waals surface area contributed by atoms with Crippen LogP contribution in [0.2, 0.25) is 0 Å². The van der Waals surface area contributed by atoms with E-state index in [2.05, 4.69) is 11.8 Å². The Morgan fingerprint density at radius 2 is 1.70 bits per heavy atom. The van der Waals surface area contributed by atoms with Gasteiger partial charge in [0, 0.05) is 28.8 Å². The lowest BCUT2D eigenvalue weighted by Gasteiger charge is -2.60. The third-order valence-electron chi connectivity index (χ3n) is 8.89. The molecule has 0 aromatic heterocycles. The summed E-state index contributed by atoms with van der Waals surface area (Å²) >= 11 is 0. The zero-order valence-corrected chi connectivity index (χ0v) is 23.5. The van der Waals surface area contributed by atoms with Crippen molar-refractivity contribution in [3.8, 4) is 23.7 Å². The Morgan fingerprint density at radius 3 is 2.25 bits per heavy atom. The topological polar surface area (TPSA) is 254 Å². The second-order valence-electron chi connectivity index (χ2n) is 11.7. The second kappa shape index (κ2) is 9.89. The second-order valence-corrected chi connectivity index (χ2v) is 11.7. The molecule has 2 fully saturated rings. The van der Waals surface area contributed by atoms with Gasteiger partial charge in [-0.3, -0.25) is 39.0 Å². The van der Waals surface area contributed by atoms with E-state index in [4.69, 9.17) is 17.2 Å². The maximum Gasteiger partial charge on any atom is 0.269 e. The zero-order valence-electron chi connectivity index (χ0n) is 23.5. The van der Waals surface area contributed by atoms with Crippen LogP contribution in [0, 0.1) is 50.5 Å². The van der Waals surface area contributed by atoms with Crippen LogP contribution in [0.1, 0.15) is 33.5 Å². The minimum absolute atomic E-state index is 0.136. The average molecular weight is 599 g/mol. The highest BCUT2D eigenvalue weighted by Gasteiger charge is 2.78. The fourth-order valence-electron chi connectivity index (χ4n) is 7.13. The lowest BCUT2D eigenvalue weighted by molar-refractivity contribution is -0.384. The number of carbonyl (C=O) groups is 5. The average Bonchev–Trinajstić information content (AvgIpc) is 2.91. The van der Waals surface area contributed by atoms with Crippen molar-refractivity contribution in [2.24, 2.45) is 34.5 Å². The van der Waals surface area contributed by atoms with Crippen molar-refractivity contribution < 1.29 is 34.0 Å². The molecular formula is C30H26N6O8. The van der Waals surface area contributed by atoms with Gasteiger partial charge in [0.2, 0.25) is 5.91 Å². The van der Waals surface area contributed by atoms with E-state index in [-0.39, 0.29) is 28.8 Å². The Hall–Kier alpha value is -5.28. The van der Waals surface area contributed by atoms with E-state index in [9.17, 15) is 44.5 Å². The van der Waals surface area contributed by atoms with E-state index in [0.717, 1.165) is 0 Å². The van der Waals surface area contributed by atoms with Crippen LogP contribution in [0.15, 0.2) is 36.4 Å². The first kappa shape index (κ1) is 30.2. The monoisotopic (exact) mass is 598 g/mol. The number of hydrogen-bond donors (Lipinski definition) is 4. The predicted octanol–water partition coefficient (Wildman–Crippen LogP) is -0.884. The van der Waals surface area contributed by atoms with Gasteiger partial charge in [0.1, 0.15) is 11.7 Å². The van der Waals surface area contributed by atoms with Crippen molar-refractivity contribution in [3.63, 3.8) is 0 Å². The minimum Gasteiger partial charge on any atom is -0.507 e. The van der Waals surface area contributed by atoms with Crippen molar-refractivity contribution in [1.29, 1.82) is 5.26 Å². The van der Waals surface area contributed by atoms with E-state index >= 15 is 0 Å². The van der Waals surface area contributed by atoms with Crippen LogP contribution in [-0.4, -0.2) is 75.2 Å². The fraction of sp³-hybridized carbons (Fsp3) is 0.333. The Labute approximate surface area is 249 Å². The number of nitrogens with two attached hydrogens (primary N) is 3. The molecule has 1 amide bonds. The third kappa shape index (κ3) is 3.89. The van der Waals surface area contributed by atoms with Gasteiger partial charge in [0.15, 0.2) is 34.5 Å². The SMILES string of the molecule is CN(C)[C@@H]1C(=O)C(C(N)=O)C(=O)[C@@]2(C#N)C(=O)C3C(=O)c4c(O)ccc(C#Cc5ccc([N+](=O)[O-])cc5)c4C[C@@]3(N)C[C@@]12N. The van der Waals surface area contributed by atoms with E-state index in [1.165, 1.54) is 55.4 Å². The van der Waals surface area contributed by atoms with E-state index in [1.807, 2.05) is 0 Å². The number of nitriles is 1. The number of nitrogens with zero attached hydrogens (tertiary/aromatic N) is 3. The number of primary amides is 1. The van der Waals surface area contributed by atoms with Crippen LogP contribution in [-0.2, 0) is 25.6 Å². The molecule has 0 spiro atoms. The molecule has 224 valence electrons. The molecule has 14 nitrogen and oxygen atoms in total. The van der Waals surface area contributed by atoms with Crippen molar-refractivity contribution in [1.82, 2.24) is 4.90 Å². The molecule has 2 saturated carbocycles. The zero-order chi connectivity index (χ0) is 32.5. The van der Waals surface area contributed by atoms with E-state index in [0.29, 0.717) is 5.56 Å². The lowest BCUT2D eigenvalue weighted by atomic mass is 9.42. The summed E-state index contributed by atoms with van der Waals surface area (Å²) in [6.45, 7) is 0. The molecule has 5 rings (SSSR count). The first-order valence-corrected chi connectivity index (χ1v) is 13.3. The first-order valence-electron chi connectivity index (χ1n) is 13.3. The highest BCUT2D eigenvalue weighted by atomic mass is 16.6. The molecule has 3 aliphatic rings. The number of benzene rings is 2. The van der Waals surface area contributed by atoms with Gasteiger partial charge in [-0.2, -0.15) is 5.26 Å². The normalized spacial score (nSPS) is 30.8. The maximum atomic E-state index is 14.3. The number of non-ortho nitro benzene ring substituents is 1. The fourth-order valence-corrected chi connectivity index (χ4v) is 7.13. The number of phenolic OH excluding ortho intramolecular Hbond substituents is 1. The van der Waals surface area contributed by atoms with Gasteiger partial charge in [-0.1, -0.05) is 11.8 Å². The number of rotatable bonds is 3. The van der Waals surface area contributed by atoms with Gasteiger partial charge in [-0.25, -0.2) is 0 Å². The summed E-state index contributed by atoms with van der Waals surface area (Å²) in [5, 5.41) is 32.1. The van der Waals surface area contributed by atoms with Crippen LogP contribution < -0.4 is 17.2 Å². The van der Waals surface area contributed by atoms with Gasteiger partial charge < -0.3 is 22.3 Å². The highest BCUT2D eigenvalue weighted by molar-refractivity contribution is 6.33. The van der Waals surface area contributed by atoms with Gasteiger partial charge in [0.25, 0.3) is 5.69 Å². The summed E-state index contributed by atoms with van der Waals surface area (Å²) in [6.07, 6.45) is -0.822. The van der Waals surface area contributed by atoms with Crippen LogP contribution in [0.5, 0.6) is 5.75 Å². The Kier molecular flexibility index (Phi) is 6.78. The number of phenols is 1. The molecule has 0 bridgehead atoms. The molecule has 0 saturated heterocycles. The van der Waals surface area contributed by atoms with Gasteiger partial charge >= 0.3 is 0 Å². The summed E-state index contributed by atoms with van der Waals surface area (Å²) in [5.41, 5.74) is 12.5. The van der Waals surface area contributed by atoms with E-state index in [1.54, 1.807) is 6.07 Å². The largest absolute Gasteiger partial charge is 0.507 e. The summed E-state index contributed by atoms with van der Waals surface area (Å²) in [7, 11) is 2.83. The van der Waals surface area contributed by atoms with Crippen LogP contribution in [0.25, 0.3) is 0 Å². The van der Waals surface area contributed by atoms with Gasteiger partial charge in [-0.05, 0) is 56.8 Å². The molecule has 7 N–H and O–H groups in total. The number of hydrogen-bond acceptors (Lipinski definition) is 12. The molecule has 6 atom stereocenters. The number of nitro benzene ring substituents is 1. The lowest BCUT2D eigenvalue weighted by Crippen LogP contribution is -2.85. The van der Waals surface area contributed by atoms with E-state index < -0.39 is 80.5 Å². The predicted molar refractivity (Wildman–Crippen MR) is 150 cm³/mol. The maximum absolute atomic E-state index is 14.3. The molecule has 0 radical (unpaired) electrons. The first-order chi connectivity index (χ1) is 20.6. The van der Waals surface area contributed by atoms with Crippen LogP contribution >= 0.6 is 0 Å². The molecule has 2 aromatic rings. The smallest absolute Gasteiger partial charge is 0.269 e. The number of carbonyl (C=O) groups excluding carboxylic acids is 5. The number of Topliss-reactive ketones (excluding diaryl/α,β-unsaturated/α-hetero) is 4. The highest BCUT2D eigenvalue weighted by Crippen LogP contribution is 2.56. The number of amides is 1. The Morgan fingerprint density at radius 1 is 1.07 bits per heavy atom. The van der Waals surface area contributed by atoms with Crippen molar-refractivity contribution in [2.45, 2.75) is 30.0 Å². The van der Waals surface area contributed by atoms with Gasteiger partial charge in [0.05, 0.1) is 28.1 Å². The van der Waals surface area contributed by atoms with Crippen molar-refractivity contribution in [3.05, 3.63) is 68.8 Å². The molecule has 44 heavy (non-hydrogen) atoms. The summed E-state index contributed by atoms with van der Waals surface area (Å²) in [6, 6.07) is 8.16. The molecule has 14 heteroatoms. The van der Waals surface area contributed by atoms with Crippen molar-refractivity contribution >= 4 is 34.7 Å². The summed E-state index contributed by atoms with van der Waals surface area (Å²) in [4.78, 5) is 79.6. The molecular weight excluding hydrogens is 572 g/mol. The van der Waals surface area contributed by atoms with Crippen molar-refractivity contribution in [2.75, 3.05) is 14.1 Å². The summed E-state index contributed by atoms with van der Waals surface area (Å²) < 4.78 is 0. The molecule has 0 aliphatic heterocycles. The Bertz CT molecular complexity index is 1820. The van der Waals surface area contributed by atoms with Crippen LogP contribution in [0.3, 0.4) is 0 Å². The van der Waals surface area contributed by atoms with Gasteiger partial charge in [-0.15, -0.1) is 0 Å². The molecule has 0 heterocycles. The molecule has 2 unspecified atom stereocenters. The number of ketones is 4. The number of fused-ring (bicyclic) bond motifs is 3. The quantitative estimate of drug-likeness (QED) is 0.145. The van der Waals surface area contributed by atoms with Crippen LogP contribution in [0.4, 0.5) is 5.69 Å². The number of nitro groups is 1. The molecule has 2 aromatic carbocycles. The summed E-state index contributed by atoms with van der Waals surface area (Å²) in [5.74, 6) is -4.80. The number of aromatic hydroxyl groups is 1. The Balaban J connectivity index is 1.69. The minimum atomic E-state index is -2.83. The molecule has 3 aliphatic carbocycles. The third-order valence-corrected chi connectivity index (χ3v) is 8.89. The standard InChI is InChI=1S/C30H26N6O8/c1-35(2)24-23(39)20(27(32)42)25(40)29(13-31)26(41)21-22(38)19-17(11-28(21,33)12-30(24,29)34)15(7-10-18(19)37)6-3-14-4-8-16(9-5-14)36(43)44/h4-5,7-10,20-21,24,37H,11-12,33-34H2,1-2H3,(H2,32,42)/t20?,21?,24-,28-,29+,30-/m1/s1. The number of likely N-dealkylation sites (N-methyl/N-ethyl adjacent to an activating group) is 1.